The Balaban J connectivity index is 3.33. The van der Waals surface area contributed by atoms with Crippen molar-refractivity contribution >= 4 is 5.91 Å². The molecule has 0 radical (unpaired) electrons. The van der Waals surface area contributed by atoms with Crippen molar-refractivity contribution in [3.63, 3.8) is 0 Å². The Kier molecular flexibility index (Phi) is 10.1. The lowest BCUT2D eigenvalue weighted by molar-refractivity contribution is -0.121. The number of methoxy groups -OCH3 is 1. The highest BCUT2D eigenvalue weighted by Crippen LogP contribution is 1.90. The number of rotatable bonds is 10. The van der Waals surface area contributed by atoms with Crippen LogP contribution in [0.2, 0.25) is 0 Å². The van der Waals surface area contributed by atoms with Gasteiger partial charge in [-0.2, -0.15) is 0 Å². The van der Waals surface area contributed by atoms with Crippen LogP contribution < -0.4 is 10.6 Å². The molecule has 1 unspecified atom stereocenters. The summed E-state index contributed by atoms with van der Waals surface area (Å²) in [6.07, 6.45) is 0. The molecule has 0 rings (SSSR count). The fourth-order valence-corrected chi connectivity index (χ4v) is 1.28. The molecule has 2 N–H and O–H groups in total. The van der Waals surface area contributed by atoms with Crippen LogP contribution >= 0.6 is 0 Å². The zero-order valence-electron chi connectivity index (χ0n) is 11.4. The van der Waals surface area contributed by atoms with Crippen LogP contribution in [0.1, 0.15) is 20.8 Å². The zero-order chi connectivity index (χ0) is 13.1. The van der Waals surface area contributed by atoms with Crippen LogP contribution in [0.3, 0.4) is 0 Å². The minimum absolute atomic E-state index is 0.0154. The molecule has 0 bridgehead atoms. The lowest BCUT2D eigenvalue weighted by atomic mass is 10.2. The summed E-state index contributed by atoms with van der Waals surface area (Å²) in [5.41, 5.74) is 0. The van der Waals surface area contributed by atoms with Crippen molar-refractivity contribution in [3.05, 3.63) is 0 Å². The van der Waals surface area contributed by atoms with Gasteiger partial charge in [0.05, 0.1) is 19.8 Å². The number of amides is 1. The SMILES string of the molecule is COCC(C)NC(=O)CNCCOCC(C)C. The van der Waals surface area contributed by atoms with Crippen LogP contribution in [-0.2, 0) is 14.3 Å². The summed E-state index contributed by atoms with van der Waals surface area (Å²) in [5.74, 6) is 0.534. The topological polar surface area (TPSA) is 59.6 Å². The van der Waals surface area contributed by atoms with Crippen LogP contribution in [0.5, 0.6) is 0 Å². The summed E-state index contributed by atoms with van der Waals surface area (Å²) in [6.45, 7) is 9.07. The molecule has 0 aromatic heterocycles. The van der Waals surface area contributed by atoms with Crippen molar-refractivity contribution in [1.82, 2.24) is 10.6 Å². The Bertz CT molecular complexity index is 198. The molecule has 0 heterocycles. The van der Waals surface area contributed by atoms with E-state index in [1.54, 1.807) is 7.11 Å². The maximum Gasteiger partial charge on any atom is 0.234 e. The molecule has 0 aliphatic heterocycles. The van der Waals surface area contributed by atoms with E-state index < -0.39 is 0 Å². The second-order valence-electron chi connectivity index (χ2n) is 4.57. The van der Waals surface area contributed by atoms with Crippen molar-refractivity contribution in [2.45, 2.75) is 26.8 Å². The van der Waals surface area contributed by atoms with Gasteiger partial charge in [0.15, 0.2) is 0 Å². The molecule has 0 aliphatic rings. The van der Waals surface area contributed by atoms with E-state index in [0.717, 1.165) is 6.61 Å². The summed E-state index contributed by atoms with van der Waals surface area (Å²) in [5, 5.41) is 5.85. The molecule has 5 heteroatoms. The van der Waals surface area contributed by atoms with Gasteiger partial charge in [-0.1, -0.05) is 13.8 Å². The van der Waals surface area contributed by atoms with E-state index in [2.05, 4.69) is 24.5 Å². The van der Waals surface area contributed by atoms with E-state index in [9.17, 15) is 4.79 Å². The standard InChI is InChI=1S/C12H26N2O3/c1-10(2)8-17-6-5-13-7-12(15)14-11(3)9-16-4/h10-11,13H,5-9H2,1-4H3,(H,14,15). The van der Waals surface area contributed by atoms with Crippen LogP contribution in [0.4, 0.5) is 0 Å². The van der Waals surface area contributed by atoms with Crippen molar-refractivity contribution in [3.8, 4) is 0 Å². The van der Waals surface area contributed by atoms with Gasteiger partial charge < -0.3 is 20.1 Å². The molecule has 0 saturated carbocycles. The van der Waals surface area contributed by atoms with Crippen LogP contribution in [0.25, 0.3) is 0 Å². The molecule has 0 spiro atoms. The molecule has 1 atom stereocenters. The highest BCUT2D eigenvalue weighted by atomic mass is 16.5. The van der Waals surface area contributed by atoms with Crippen molar-refractivity contribution < 1.29 is 14.3 Å². The second-order valence-corrected chi connectivity index (χ2v) is 4.57. The van der Waals surface area contributed by atoms with Crippen molar-refractivity contribution in [1.29, 1.82) is 0 Å². The van der Waals surface area contributed by atoms with E-state index in [-0.39, 0.29) is 11.9 Å². The average molecular weight is 246 g/mol. The first-order valence-electron chi connectivity index (χ1n) is 6.13. The van der Waals surface area contributed by atoms with Gasteiger partial charge in [0.25, 0.3) is 0 Å². The molecule has 0 aliphatic carbocycles. The third-order valence-corrected chi connectivity index (χ3v) is 1.98. The number of carbonyl (C=O) groups excluding carboxylic acids is 1. The number of hydrogen-bond donors (Lipinski definition) is 2. The van der Waals surface area contributed by atoms with Crippen LogP contribution in [0.15, 0.2) is 0 Å². The fraction of sp³-hybridized carbons (Fsp3) is 0.917. The summed E-state index contributed by atoms with van der Waals surface area (Å²) >= 11 is 0. The molecule has 0 aromatic carbocycles. The first-order valence-corrected chi connectivity index (χ1v) is 6.13. The third-order valence-electron chi connectivity index (χ3n) is 1.98. The third kappa shape index (κ3) is 11.6. The van der Waals surface area contributed by atoms with Gasteiger partial charge in [-0.15, -0.1) is 0 Å². The van der Waals surface area contributed by atoms with E-state index in [1.165, 1.54) is 0 Å². The Morgan fingerprint density at radius 2 is 1.94 bits per heavy atom. The normalized spacial score (nSPS) is 12.8. The van der Waals surface area contributed by atoms with Gasteiger partial charge in [-0.05, 0) is 12.8 Å². The molecule has 17 heavy (non-hydrogen) atoms. The molecule has 102 valence electrons. The van der Waals surface area contributed by atoms with E-state index >= 15 is 0 Å². The Labute approximate surface area is 104 Å². The maximum atomic E-state index is 11.4. The predicted molar refractivity (Wildman–Crippen MR) is 68.0 cm³/mol. The van der Waals surface area contributed by atoms with Gasteiger partial charge in [0, 0.05) is 26.3 Å². The van der Waals surface area contributed by atoms with Gasteiger partial charge >= 0.3 is 0 Å². The zero-order valence-corrected chi connectivity index (χ0v) is 11.4. The van der Waals surface area contributed by atoms with E-state index in [4.69, 9.17) is 9.47 Å². The molecular weight excluding hydrogens is 220 g/mol. The Morgan fingerprint density at radius 3 is 2.53 bits per heavy atom. The van der Waals surface area contributed by atoms with Crippen LogP contribution in [0, 0.1) is 5.92 Å². The quantitative estimate of drug-likeness (QED) is 0.548. The lowest BCUT2D eigenvalue weighted by Crippen LogP contribution is -2.41. The number of nitrogens with one attached hydrogen (secondary N) is 2. The first-order chi connectivity index (χ1) is 8.06. The molecule has 0 aromatic rings. The fourth-order valence-electron chi connectivity index (χ4n) is 1.28. The number of ether oxygens (including phenoxy) is 2. The first kappa shape index (κ1) is 16.4. The summed E-state index contributed by atoms with van der Waals surface area (Å²) in [6, 6.07) is 0.0477. The molecule has 0 fully saturated rings. The smallest absolute Gasteiger partial charge is 0.234 e. The van der Waals surface area contributed by atoms with Gasteiger partial charge in [-0.25, -0.2) is 0 Å². The van der Waals surface area contributed by atoms with Crippen molar-refractivity contribution in [2.24, 2.45) is 5.92 Å². The molecular formula is C12H26N2O3. The van der Waals surface area contributed by atoms with E-state index in [1.807, 2.05) is 6.92 Å². The average Bonchev–Trinajstić information content (AvgIpc) is 2.23. The Morgan fingerprint density at radius 1 is 1.24 bits per heavy atom. The summed E-state index contributed by atoms with van der Waals surface area (Å²) < 4.78 is 10.3. The summed E-state index contributed by atoms with van der Waals surface area (Å²) in [7, 11) is 1.62. The Hall–Kier alpha value is -0.650. The van der Waals surface area contributed by atoms with Crippen LogP contribution in [-0.4, -0.2) is 52.0 Å². The highest BCUT2D eigenvalue weighted by Gasteiger charge is 2.05. The minimum Gasteiger partial charge on any atom is -0.383 e. The summed E-state index contributed by atoms with van der Waals surface area (Å²) in [4.78, 5) is 11.4. The molecule has 1 amide bonds. The highest BCUT2D eigenvalue weighted by molar-refractivity contribution is 5.78. The number of carbonyl (C=O) groups is 1. The number of hydrogen-bond acceptors (Lipinski definition) is 4. The molecule has 5 nitrogen and oxygen atoms in total. The van der Waals surface area contributed by atoms with Crippen molar-refractivity contribution in [2.75, 3.05) is 40.0 Å². The van der Waals surface area contributed by atoms with Gasteiger partial charge in [0.2, 0.25) is 5.91 Å². The van der Waals surface area contributed by atoms with Gasteiger partial charge in [0.1, 0.15) is 0 Å². The lowest BCUT2D eigenvalue weighted by Gasteiger charge is -2.13. The minimum atomic E-state index is -0.0154. The maximum absolute atomic E-state index is 11.4. The largest absolute Gasteiger partial charge is 0.383 e. The predicted octanol–water partition coefficient (Wildman–Crippen LogP) is 0.400. The van der Waals surface area contributed by atoms with E-state index in [0.29, 0.717) is 32.2 Å². The molecule has 0 saturated heterocycles. The van der Waals surface area contributed by atoms with Gasteiger partial charge in [-0.3, -0.25) is 4.79 Å². The monoisotopic (exact) mass is 246 g/mol. The second kappa shape index (κ2) is 10.5.